The van der Waals surface area contributed by atoms with Gasteiger partial charge in [0.05, 0.1) is 5.03 Å². The number of hydrogen-bond acceptors (Lipinski definition) is 0. The molecule has 0 nitrogen and oxygen atoms in total. The number of allylic oxidation sites excluding steroid dienone is 1. The van der Waals surface area contributed by atoms with Gasteiger partial charge in [0, 0.05) is 0 Å². The van der Waals surface area contributed by atoms with Crippen LogP contribution in [0, 0.1) is 0 Å². The Kier molecular flexibility index (Phi) is 6.77. The van der Waals surface area contributed by atoms with E-state index in [0.717, 1.165) is 0 Å². The van der Waals surface area contributed by atoms with Crippen LogP contribution in [0.1, 0.15) is 0 Å². The molecule has 0 aliphatic rings. The zero-order valence-corrected chi connectivity index (χ0v) is 12.8. The minimum atomic E-state index is -1.91. The largest absolute Gasteiger partial charge is 0.210 e. The average Bonchev–Trinajstić information content (AvgIpc) is 1.99. The lowest BCUT2D eigenvalue weighted by Crippen LogP contribution is -2.37. The van der Waals surface area contributed by atoms with Crippen molar-refractivity contribution in [1.29, 1.82) is 0 Å². The minimum absolute atomic E-state index is 0.310. The van der Waals surface area contributed by atoms with Crippen molar-refractivity contribution in [2.75, 3.05) is 0 Å². The summed E-state index contributed by atoms with van der Waals surface area (Å²) in [7, 11) is 0. The molecule has 0 aromatic rings. The first-order valence-electron chi connectivity index (χ1n) is 2.81. The van der Waals surface area contributed by atoms with Crippen LogP contribution in [0.4, 0.5) is 0 Å². The molecule has 0 fully saturated rings. The van der Waals surface area contributed by atoms with Gasteiger partial charge in [-0.3, -0.25) is 0 Å². The summed E-state index contributed by atoms with van der Waals surface area (Å²) in [6.45, 7) is 0. The Bertz CT molecular complexity index is 232. The molecule has 0 aromatic heterocycles. The first-order valence-corrected chi connectivity index (χ1v) is 6.27. The van der Waals surface area contributed by atoms with Gasteiger partial charge in [-0.1, -0.05) is 92.8 Å². The van der Waals surface area contributed by atoms with Gasteiger partial charge < -0.3 is 0 Å². The molecule has 0 saturated carbocycles. The standard InChI is InChI=1S/C5HCl9/c6-1(2(7)8)4(10,11)3(9)5(12,13)14/h3H. The Morgan fingerprint density at radius 2 is 1.21 bits per heavy atom. The summed E-state index contributed by atoms with van der Waals surface area (Å²) in [5, 5.41) is -1.63. The van der Waals surface area contributed by atoms with Crippen LogP contribution in [0.5, 0.6) is 0 Å². The van der Waals surface area contributed by atoms with Crippen molar-refractivity contribution < 1.29 is 0 Å². The molecule has 0 aliphatic carbocycles. The summed E-state index contributed by atoms with van der Waals surface area (Å²) in [5.41, 5.74) is 0. The van der Waals surface area contributed by atoms with Crippen LogP contribution in [-0.2, 0) is 0 Å². The molecule has 1 unspecified atom stereocenters. The molecule has 0 amide bonds. The fraction of sp³-hybridized carbons (Fsp3) is 0.600. The first-order chi connectivity index (χ1) is 6.01. The Labute approximate surface area is 126 Å². The predicted octanol–water partition coefficient (Wildman–Crippen LogP) is 6.02. The third-order valence-electron chi connectivity index (χ3n) is 1.06. The monoisotopic (exact) mass is 376 g/mol. The fourth-order valence-corrected chi connectivity index (χ4v) is 2.55. The zero-order valence-electron chi connectivity index (χ0n) is 5.98. The normalized spacial score (nSPS) is 15.2. The van der Waals surface area contributed by atoms with E-state index in [2.05, 4.69) is 0 Å². The van der Waals surface area contributed by atoms with E-state index in [1.54, 1.807) is 0 Å². The molecule has 0 bridgehead atoms. The molecule has 0 aromatic carbocycles. The smallest absolute Gasteiger partial charge is 0.115 e. The van der Waals surface area contributed by atoms with E-state index >= 15 is 0 Å². The second kappa shape index (κ2) is 5.80. The molecule has 0 aliphatic heterocycles. The average molecular weight is 380 g/mol. The molecule has 0 rings (SSSR count). The Morgan fingerprint density at radius 3 is 1.43 bits per heavy atom. The summed E-state index contributed by atoms with van der Waals surface area (Å²) in [6, 6.07) is 0. The topological polar surface area (TPSA) is 0 Å². The van der Waals surface area contributed by atoms with E-state index in [0.29, 0.717) is 0 Å². The van der Waals surface area contributed by atoms with Crippen molar-refractivity contribution >= 4 is 104 Å². The van der Waals surface area contributed by atoms with Gasteiger partial charge in [0.1, 0.15) is 9.87 Å². The van der Waals surface area contributed by atoms with Crippen LogP contribution in [0.2, 0.25) is 0 Å². The maximum atomic E-state index is 5.74. The van der Waals surface area contributed by atoms with Crippen LogP contribution in [0.3, 0.4) is 0 Å². The Hall–Kier alpha value is 2.35. The highest BCUT2D eigenvalue weighted by Gasteiger charge is 2.49. The lowest BCUT2D eigenvalue weighted by Gasteiger charge is -2.29. The van der Waals surface area contributed by atoms with E-state index < -0.39 is 13.5 Å². The molecule has 0 heterocycles. The summed E-state index contributed by atoms with van der Waals surface area (Å²) >= 11 is 49.9. The van der Waals surface area contributed by atoms with E-state index in [-0.39, 0.29) is 9.52 Å². The molecule has 0 N–H and O–H groups in total. The first kappa shape index (κ1) is 16.4. The second-order valence-corrected chi connectivity index (χ2v) is 7.62. The van der Waals surface area contributed by atoms with Crippen molar-refractivity contribution in [2.24, 2.45) is 0 Å². The summed E-state index contributed by atoms with van der Waals surface area (Å²) in [6.07, 6.45) is 0. The summed E-state index contributed by atoms with van der Waals surface area (Å²) in [4.78, 5) is 0. The maximum Gasteiger partial charge on any atom is 0.210 e. The van der Waals surface area contributed by atoms with Crippen LogP contribution in [-0.4, -0.2) is 13.5 Å². The Balaban J connectivity index is 5.08. The zero-order chi connectivity index (χ0) is 11.7. The lowest BCUT2D eigenvalue weighted by molar-refractivity contribution is 0.829. The molecule has 0 saturated heterocycles. The van der Waals surface area contributed by atoms with Gasteiger partial charge in [0.25, 0.3) is 0 Å². The summed E-state index contributed by atoms with van der Waals surface area (Å²) in [5.74, 6) is 0. The van der Waals surface area contributed by atoms with E-state index in [1.165, 1.54) is 0 Å². The van der Waals surface area contributed by atoms with Gasteiger partial charge in [-0.05, 0) is 0 Å². The van der Waals surface area contributed by atoms with E-state index in [4.69, 9.17) is 104 Å². The minimum Gasteiger partial charge on any atom is -0.115 e. The third kappa shape index (κ3) is 4.31. The maximum absolute atomic E-state index is 5.74. The molecule has 14 heavy (non-hydrogen) atoms. The van der Waals surface area contributed by atoms with Gasteiger partial charge in [-0.25, -0.2) is 0 Å². The van der Waals surface area contributed by atoms with E-state index in [9.17, 15) is 0 Å². The number of hydrogen-bond donors (Lipinski definition) is 0. The molecule has 84 valence electrons. The molecular weight excluding hydrogens is 379 g/mol. The number of halogens is 9. The molecule has 1 atom stereocenters. The third-order valence-corrected chi connectivity index (χ3v) is 5.00. The molecular formula is C5HCl9. The van der Waals surface area contributed by atoms with Crippen molar-refractivity contribution in [2.45, 2.75) is 13.5 Å². The van der Waals surface area contributed by atoms with Gasteiger partial charge >= 0.3 is 0 Å². The van der Waals surface area contributed by atoms with Crippen molar-refractivity contribution in [3.05, 3.63) is 9.52 Å². The van der Waals surface area contributed by atoms with Gasteiger partial charge in [0.2, 0.25) is 3.79 Å². The summed E-state index contributed by atoms with van der Waals surface area (Å²) < 4.78 is -4.14. The number of alkyl halides is 6. The van der Waals surface area contributed by atoms with Gasteiger partial charge in [-0.15, -0.1) is 11.6 Å². The fourth-order valence-electron chi connectivity index (χ4n) is 0.443. The van der Waals surface area contributed by atoms with Crippen LogP contribution >= 0.6 is 104 Å². The molecule has 0 spiro atoms. The van der Waals surface area contributed by atoms with Gasteiger partial charge in [0.15, 0.2) is 4.33 Å². The molecule has 0 radical (unpaired) electrons. The van der Waals surface area contributed by atoms with Crippen molar-refractivity contribution in [3.63, 3.8) is 0 Å². The second-order valence-electron chi connectivity index (χ2n) is 2.10. The highest BCUT2D eigenvalue weighted by molar-refractivity contribution is 6.73. The lowest BCUT2D eigenvalue weighted by atomic mass is 10.3. The van der Waals surface area contributed by atoms with Crippen molar-refractivity contribution in [1.82, 2.24) is 0 Å². The van der Waals surface area contributed by atoms with Crippen LogP contribution in [0.15, 0.2) is 9.52 Å². The van der Waals surface area contributed by atoms with Crippen LogP contribution < -0.4 is 0 Å². The Morgan fingerprint density at radius 1 is 0.857 bits per heavy atom. The number of rotatable bonds is 2. The highest BCUT2D eigenvalue weighted by Crippen LogP contribution is 2.50. The van der Waals surface area contributed by atoms with Crippen LogP contribution in [0.25, 0.3) is 0 Å². The van der Waals surface area contributed by atoms with Crippen molar-refractivity contribution in [3.8, 4) is 0 Å². The molecule has 9 heteroatoms. The predicted molar refractivity (Wildman–Crippen MR) is 69.0 cm³/mol. The quantitative estimate of drug-likeness (QED) is 0.514. The highest BCUT2D eigenvalue weighted by atomic mass is 35.6. The van der Waals surface area contributed by atoms with Gasteiger partial charge in [-0.2, -0.15) is 0 Å². The van der Waals surface area contributed by atoms with E-state index in [1.807, 2.05) is 0 Å². The SMILES string of the molecule is ClC(Cl)=C(Cl)C(Cl)(Cl)C(Cl)C(Cl)(Cl)Cl.